The lowest BCUT2D eigenvalue weighted by Crippen LogP contribution is -2.12. The molecule has 86 valence electrons. The summed E-state index contributed by atoms with van der Waals surface area (Å²) < 4.78 is 0. The van der Waals surface area contributed by atoms with Crippen LogP contribution in [0.25, 0.3) is 0 Å². The van der Waals surface area contributed by atoms with Crippen molar-refractivity contribution in [2.75, 3.05) is 0 Å². The van der Waals surface area contributed by atoms with E-state index in [1.54, 1.807) is 18.2 Å². The molecule has 0 unspecified atom stereocenters. The van der Waals surface area contributed by atoms with Crippen molar-refractivity contribution in [1.29, 1.82) is 0 Å². The van der Waals surface area contributed by atoms with Gasteiger partial charge in [-0.2, -0.15) is 0 Å². The average Bonchev–Trinajstić information content (AvgIpc) is 2.36. The molecule has 4 heteroatoms. The molecule has 0 heterocycles. The second kappa shape index (κ2) is 5.21. The maximum atomic E-state index is 6.03. The molecule has 0 aliphatic heterocycles. The predicted octanol–water partition coefficient (Wildman–Crippen LogP) is 4.03. The SMILES string of the molecule is NC(=Nc1cccc(Cl)c1Cl)c1ccccc1. The Labute approximate surface area is 110 Å². The van der Waals surface area contributed by atoms with E-state index < -0.39 is 0 Å². The van der Waals surface area contributed by atoms with Gasteiger partial charge in [0.05, 0.1) is 15.7 Å². The normalized spacial score (nSPS) is 11.5. The highest BCUT2D eigenvalue weighted by molar-refractivity contribution is 6.43. The molecule has 0 bridgehead atoms. The van der Waals surface area contributed by atoms with Gasteiger partial charge in [-0.3, -0.25) is 0 Å². The van der Waals surface area contributed by atoms with E-state index >= 15 is 0 Å². The average molecular weight is 265 g/mol. The molecule has 0 atom stereocenters. The maximum Gasteiger partial charge on any atom is 0.131 e. The molecule has 0 aliphatic carbocycles. The number of aliphatic imine (C=N–C) groups is 1. The highest BCUT2D eigenvalue weighted by atomic mass is 35.5. The van der Waals surface area contributed by atoms with E-state index in [-0.39, 0.29) is 0 Å². The largest absolute Gasteiger partial charge is 0.383 e. The smallest absolute Gasteiger partial charge is 0.131 e. The Balaban J connectivity index is 2.40. The van der Waals surface area contributed by atoms with Crippen LogP contribution in [0.5, 0.6) is 0 Å². The van der Waals surface area contributed by atoms with E-state index in [9.17, 15) is 0 Å². The third-order valence-electron chi connectivity index (χ3n) is 2.24. The van der Waals surface area contributed by atoms with E-state index in [2.05, 4.69) is 4.99 Å². The van der Waals surface area contributed by atoms with E-state index in [1.807, 2.05) is 30.3 Å². The molecule has 0 fully saturated rings. The zero-order valence-corrected chi connectivity index (χ0v) is 10.4. The number of halogens is 2. The summed E-state index contributed by atoms with van der Waals surface area (Å²) in [6.07, 6.45) is 0. The van der Waals surface area contributed by atoms with Gasteiger partial charge in [-0.15, -0.1) is 0 Å². The maximum absolute atomic E-state index is 6.03. The fraction of sp³-hybridized carbons (Fsp3) is 0. The van der Waals surface area contributed by atoms with Gasteiger partial charge in [0.15, 0.2) is 0 Å². The van der Waals surface area contributed by atoms with Crippen LogP contribution in [0.2, 0.25) is 10.0 Å². The Kier molecular flexibility index (Phi) is 3.67. The first-order chi connectivity index (χ1) is 8.18. The quantitative estimate of drug-likeness (QED) is 0.646. The number of rotatable bonds is 2. The molecule has 0 spiro atoms. The van der Waals surface area contributed by atoms with Crippen LogP contribution in [-0.4, -0.2) is 5.84 Å². The summed E-state index contributed by atoms with van der Waals surface area (Å²) in [5.74, 6) is 0.412. The van der Waals surface area contributed by atoms with Crippen LogP contribution in [0.15, 0.2) is 53.5 Å². The molecular weight excluding hydrogens is 255 g/mol. The zero-order valence-electron chi connectivity index (χ0n) is 8.90. The van der Waals surface area contributed by atoms with Crippen molar-refractivity contribution in [3.63, 3.8) is 0 Å². The molecule has 0 saturated carbocycles. The van der Waals surface area contributed by atoms with E-state index in [4.69, 9.17) is 28.9 Å². The van der Waals surface area contributed by atoms with Crippen LogP contribution in [0.3, 0.4) is 0 Å². The van der Waals surface area contributed by atoms with Crippen molar-refractivity contribution in [2.45, 2.75) is 0 Å². The van der Waals surface area contributed by atoms with Crippen molar-refractivity contribution in [3.05, 3.63) is 64.1 Å². The van der Waals surface area contributed by atoms with Crippen LogP contribution in [0.4, 0.5) is 5.69 Å². The topological polar surface area (TPSA) is 38.4 Å². The Morgan fingerprint density at radius 1 is 0.941 bits per heavy atom. The molecule has 2 nitrogen and oxygen atoms in total. The lowest BCUT2D eigenvalue weighted by Gasteiger charge is -2.03. The number of amidine groups is 1. The minimum absolute atomic E-state index is 0.410. The van der Waals surface area contributed by atoms with Crippen molar-refractivity contribution in [1.82, 2.24) is 0 Å². The molecule has 2 N–H and O–H groups in total. The minimum Gasteiger partial charge on any atom is -0.383 e. The Hall–Kier alpha value is -1.51. The molecule has 0 amide bonds. The Morgan fingerprint density at radius 2 is 1.65 bits per heavy atom. The summed E-state index contributed by atoms with van der Waals surface area (Å²) >= 11 is 11.9. The summed E-state index contributed by atoms with van der Waals surface area (Å²) in [5, 5.41) is 0.877. The van der Waals surface area contributed by atoms with Crippen molar-refractivity contribution < 1.29 is 0 Å². The zero-order chi connectivity index (χ0) is 12.3. The molecule has 0 saturated heterocycles. The fourth-order valence-corrected chi connectivity index (χ4v) is 1.72. The van der Waals surface area contributed by atoms with Gasteiger partial charge >= 0.3 is 0 Å². The fourth-order valence-electron chi connectivity index (χ4n) is 1.38. The minimum atomic E-state index is 0.410. The number of benzene rings is 2. The highest BCUT2D eigenvalue weighted by Crippen LogP contribution is 2.31. The van der Waals surface area contributed by atoms with E-state index in [0.717, 1.165) is 5.56 Å². The summed E-state index contributed by atoms with van der Waals surface area (Å²) in [6.45, 7) is 0. The van der Waals surface area contributed by atoms with Gasteiger partial charge in [0, 0.05) is 5.56 Å². The van der Waals surface area contributed by atoms with Gasteiger partial charge < -0.3 is 5.73 Å². The summed E-state index contributed by atoms with van der Waals surface area (Å²) in [6, 6.07) is 14.8. The number of hydrogen-bond acceptors (Lipinski definition) is 1. The molecule has 17 heavy (non-hydrogen) atoms. The van der Waals surface area contributed by atoms with Crippen LogP contribution in [-0.2, 0) is 0 Å². The molecule has 2 aromatic carbocycles. The Morgan fingerprint density at radius 3 is 2.35 bits per heavy atom. The number of nitrogens with two attached hydrogens (primary N) is 1. The lowest BCUT2D eigenvalue weighted by molar-refractivity contribution is 1.45. The van der Waals surface area contributed by atoms with Crippen molar-refractivity contribution in [2.24, 2.45) is 10.7 Å². The van der Waals surface area contributed by atoms with E-state index in [1.165, 1.54) is 0 Å². The monoisotopic (exact) mass is 264 g/mol. The summed E-state index contributed by atoms with van der Waals surface area (Å²) in [4.78, 5) is 4.27. The van der Waals surface area contributed by atoms with Crippen LogP contribution < -0.4 is 5.73 Å². The van der Waals surface area contributed by atoms with Gasteiger partial charge in [-0.1, -0.05) is 59.6 Å². The molecule has 0 radical (unpaired) electrons. The predicted molar refractivity (Wildman–Crippen MR) is 73.3 cm³/mol. The van der Waals surface area contributed by atoms with Crippen LogP contribution >= 0.6 is 23.2 Å². The first kappa shape index (κ1) is 12.0. The van der Waals surface area contributed by atoms with Crippen LogP contribution in [0, 0.1) is 0 Å². The van der Waals surface area contributed by atoms with Crippen molar-refractivity contribution >= 4 is 34.7 Å². The number of hydrogen-bond donors (Lipinski definition) is 1. The first-order valence-electron chi connectivity index (χ1n) is 5.02. The molecule has 0 aliphatic rings. The highest BCUT2D eigenvalue weighted by Gasteiger charge is 2.04. The third kappa shape index (κ3) is 2.78. The third-order valence-corrected chi connectivity index (χ3v) is 3.05. The standard InChI is InChI=1S/C13H10Cl2N2/c14-10-7-4-8-11(12(10)15)17-13(16)9-5-2-1-3-6-9/h1-8H,(H2,16,17). The first-order valence-corrected chi connectivity index (χ1v) is 5.77. The Bertz CT molecular complexity index is 551. The summed E-state index contributed by atoms with van der Waals surface area (Å²) in [7, 11) is 0. The van der Waals surface area contributed by atoms with Crippen LogP contribution in [0.1, 0.15) is 5.56 Å². The van der Waals surface area contributed by atoms with Gasteiger partial charge in [0.2, 0.25) is 0 Å². The van der Waals surface area contributed by atoms with Crippen molar-refractivity contribution in [3.8, 4) is 0 Å². The van der Waals surface area contributed by atoms with Gasteiger partial charge in [0.1, 0.15) is 5.84 Å². The van der Waals surface area contributed by atoms with Gasteiger partial charge in [-0.05, 0) is 12.1 Å². The second-order valence-electron chi connectivity index (χ2n) is 3.44. The molecule has 2 aromatic rings. The number of nitrogens with zero attached hydrogens (tertiary/aromatic N) is 1. The molecular formula is C13H10Cl2N2. The molecule has 2 rings (SSSR count). The summed E-state index contributed by atoms with van der Waals surface area (Å²) in [5.41, 5.74) is 7.31. The lowest BCUT2D eigenvalue weighted by atomic mass is 10.2. The van der Waals surface area contributed by atoms with Gasteiger partial charge in [0.25, 0.3) is 0 Å². The molecule has 0 aromatic heterocycles. The van der Waals surface area contributed by atoms with E-state index in [0.29, 0.717) is 21.6 Å². The second-order valence-corrected chi connectivity index (χ2v) is 4.22. The van der Waals surface area contributed by atoms with Gasteiger partial charge in [-0.25, -0.2) is 4.99 Å².